The third kappa shape index (κ3) is 5.55. The lowest BCUT2D eigenvalue weighted by Gasteiger charge is -2.08. The lowest BCUT2D eigenvalue weighted by molar-refractivity contribution is 0.0205. The summed E-state index contributed by atoms with van der Waals surface area (Å²) < 4.78 is 25.1. The highest BCUT2D eigenvalue weighted by Gasteiger charge is 2.14. The van der Waals surface area contributed by atoms with Gasteiger partial charge in [0.15, 0.2) is 4.32 Å². The number of nitrogens with zero attached hydrogens (tertiary/aromatic N) is 3. The van der Waals surface area contributed by atoms with Crippen molar-refractivity contribution in [3.05, 3.63) is 66.9 Å². The van der Waals surface area contributed by atoms with Crippen molar-refractivity contribution in [2.45, 2.75) is 4.90 Å². The zero-order valence-corrected chi connectivity index (χ0v) is 18.5. The smallest absolute Gasteiger partial charge is 0.238 e. The van der Waals surface area contributed by atoms with E-state index in [9.17, 15) is 13.6 Å². The number of nitrogens with two attached hydrogens (primary N) is 1. The van der Waals surface area contributed by atoms with Crippen LogP contribution in [-0.4, -0.2) is 45.6 Å². The van der Waals surface area contributed by atoms with Crippen LogP contribution in [0.15, 0.2) is 71.8 Å². The van der Waals surface area contributed by atoms with E-state index in [0.29, 0.717) is 15.8 Å². The summed E-state index contributed by atoms with van der Waals surface area (Å²) in [6, 6.07) is 16.1. The van der Waals surface area contributed by atoms with Crippen LogP contribution >= 0.6 is 24.0 Å². The molecule has 3 N–H and O–H groups in total. The van der Waals surface area contributed by atoms with Crippen LogP contribution < -0.4 is 5.14 Å². The fraction of sp³-hybridized carbons (Fsp3) is 0.100. The molecule has 156 valence electrons. The zero-order valence-electron chi connectivity index (χ0n) is 16.0. The van der Waals surface area contributed by atoms with Gasteiger partial charge in [0.2, 0.25) is 10.0 Å². The van der Waals surface area contributed by atoms with Crippen molar-refractivity contribution in [2.75, 3.05) is 12.8 Å². The molecule has 0 aliphatic rings. The molecule has 0 saturated carbocycles. The van der Waals surface area contributed by atoms with Crippen molar-refractivity contribution in [1.29, 1.82) is 0 Å². The summed E-state index contributed by atoms with van der Waals surface area (Å²) in [6.07, 6.45) is 5.59. The molecular formula is C20H20N4O3S3. The maximum absolute atomic E-state index is 11.5. The van der Waals surface area contributed by atoms with E-state index in [2.05, 4.69) is 5.10 Å². The standard InChI is InChI=1S/C20H20N4O3S3/c1-23(25)20(28)29-13-5-12-24-14-18(15-6-3-2-4-7-15)19(22-24)16-8-10-17(11-9-16)30(21,26)27/h2-12,14,25H,13H2,1H3,(H2,21,26,27). The molecule has 0 unspecified atom stereocenters. The van der Waals surface area contributed by atoms with Crippen molar-refractivity contribution in [1.82, 2.24) is 14.8 Å². The molecule has 1 aromatic heterocycles. The molecule has 0 fully saturated rings. The Morgan fingerprint density at radius 1 is 1.20 bits per heavy atom. The average Bonchev–Trinajstić information content (AvgIpc) is 3.15. The summed E-state index contributed by atoms with van der Waals surface area (Å²) in [7, 11) is -2.28. The molecule has 2 aromatic carbocycles. The number of primary sulfonamides is 1. The molecule has 10 heteroatoms. The summed E-state index contributed by atoms with van der Waals surface area (Å²) in [4.78, 5) is 0.0497. The Kier molecular flexibility index (Phi) is 7.06. The van der Waals surface area contributed by atoms with E-state index in [1.807, 2.05) is 48.8 Å². The summed E-state index contributed by atoms with van der Waals surface area (Å²) in [5.74, 6) is 0.572. The van der Waals surface area contributed by atoms with E-state index in [0.717, 1.165) is 21.8 Å². The van der Waals surface area contributed by atoms with Gasteiger partial charge in [-0.25, -0.2) is 23.3 Å². The van der Waals surface area contributed by atoms with Crippen LogP contribution in [0, 0.1) is 0 Å². The first-order valence-corrected chi connectivity index (χ1v) is 11.7. The monoisotopic (exact) mass is 460 g/mol. The van der Waals surface area contributed by atoms with Crippen molar-refractivity contribution in [3.8, 4) is 22.4 Å². The first kappa shape index (κ1) is 22.2. The minimum Gasteiger partial charge on any atom is -0.287 e. The number of hydrogen-bond acceptors (Lipinski definition) is 6. The van der Waals surface area contributed by atoms with E-state index < -0.39 is 10.0 Å². The Morgan fingerprint density at radius 3 is 2.47 bits per heavy atom. The van der Waals surface area contributed by atoms with Gasteiger partial charge in [0.1, 0.15) is 5.69 Å². The molecular weight excluding hydrogens is 440 g/mol. The Labute approximate surface area is 184 Å². The Hall–Kier alpha value is -2.50. The fourth-order valence-electron chi connectivity index (χ4n) is 2.68. The van der Waals surface area contributed by atoms with Gasteiger partial charge in [0.25, 0.3) is 0 Å². The van der Waals surface area contributed by atoms with E-state index in [-0.39, 0.29) is 4.90 Å². The van der Waals surface area contributed by atoms with Crippen molar-refractivity contribution >= 4 is 44.5 Å². The molecule has 0 atom stereocenters. The normalized spacial score (nSPS) is 11.7. The molecule has 0 amide bonds. The molecule has 0 saturated heterocycles. The third-order valence-electron chi connectivity index (χ3n) is 4.10. The van der Waals surface area contributed by atoms with Crippen LogP contribution in [0.25, 0.3) is 28.6 Å². The van der Waals surface area contributed by atoms with Gasteiger partial charge < -0.3 is 0 Å². The van der Waals surface area contributed by atoms with Gasteiger partial charge in [0, 0.05) is 36.3 Å². The SMILES string of the molecule is CN(O)C(=S)SCC=Cn1cc(-c2ccccc2)c(-c2ccc(S(N)(=O)=O)cc2)n1. The number of hydrogen-bond donors (Lipinski definition) is 2. The largest absolute Gasteiger partial charge is 0.287 e. The quantitative estimate of drug-likeness (QED) is 0.427. The first-order valence-electron chi connectivity index (χ1n) is 8.79. The van der Waals surface area contributed by atoms with E-state index in [4.69, 9.17) is 17.4 Å². The molecule has 3 aromatic rings. The number of thioether (sulfide) groups is 1. The van der Waals surface area contributed by atoms with Gasteiger partial charge in [0.05, 0.1) is 4.90 Å². The summed E-state index contributed by atoms with van der Waals surface area (Å²) >= 11 is 6.35. The number of benzene rings is 2. The van der Waals surface area contributed by atoms with Gasteiger partial charge in [-0.3, -0.25) is 5.21 Å². The van der Waals surface area contributed by atoms with Crippen LogP contribution in [0.3, 0.4) is 0 Å². The van der Waals surface area contributed by atoms with Gasteiger partial charge in [-0.1, -0.05) is 72.5 Å². The predicted molar refractivity (Wildman–Crippen MR) is 124 cm³/mol. The molecule has 0 aliphatic heterocycles. The molecule has 1 heterocycles. The van der Waals surface area contributed by atoms with Crippen molar-refractivity contribution in [3.63, 3.8) is 0 Å². The molecule has 0 bridgehead atoms. The molecule has 0 aliphatic carbocycles. The van der Waals surface area contributed by atoms with Gasteiger partial charge >= 0.3 is 0 Å². The molecule has 3 rings (SSSR count). The Bertz CT molecular complexity index is 1160. The van der Waals surface area contributed by atoms with Crippen LogP contribution in [0.5, 0.6) is 0 Å². The van der Waals surface area contributed by atoms with Crippen LogP contribution in [0.2, 0.25) is 0 Å². The Morgan fingerprint density at radius 2 is 1.87 bits per heavy atom. The maximum Gasteiger partial charge on any atom is 0.238 e. The minimum atomic E-state index is -3.76. The number of aromatic nitrogens is 2. The molecule has 0 spiro atoms. The van der Waals surface area contributed by atoms with Crippen molar-refractivity contribution < 1.29 is 13.6 Å². The average molecular weight is 461 g/mol. The molecule has 7 nitrogen and oxygen atoms in total. The fourth-order valence-corrected chi connectivity index (χ4v) is 3.91. The highest BCUT2D eigenvalue weighted by Crippen LogP contribution is 2.31. The second-order valence-electron chi connectivity index (χ2n) is 6.29. The second-order valence-corrected chi connectivity index (χ2v) is 9.51. The van der Waals surface area contributed by atoms with Crippen molar-refractivity contribution in [2.24, 2.45) is 5.14 Å². The Balaban J connectivity index is 1.92. The highest BCUT2D eigenvalue weighted by atomic mass is 32.2. The van der Waals surface area contributed by atoms with E-state index in [1.54, 1.807) is 16.8 Å². The van der Waals surface area contributed by atoms with E-state index >= 15 is 0 Å². The molecule has 0 radical (unpaired) electrons. The van der Waals surface area contributed by atoms with Gasteiger partial charge in [-0.15, -0.1) is 0 Å². The zero-order chi connectivity index (χ0) is 21.7. The van der Waals surface area contributed by atoms with Crippen LogP contribution in [-0.2, 0) is 10.0 Å². The van der Waals surface area contributed by atoms with Crippen LogP contribution in [0.4, 0.5) is 0 Å². The minimum absolute atomic E-state index is 0.0497. The second kappa shape index (κ2) is 9.54. The topological polar surface area (TPSA) is 101 Å². The number of sulfonamides is 1. The summed E-state index contributed by atoms with van der Waals surface area (Å²) in [5, 5.41) is 20.0. The number of rotatable bonds is 6. The summed E-state index contributed by atoms with van der Waals surface area (Å²) in [6.45, 7) is 0. The van der Waals surface area contributed by atoms with Gasteiger partial charge in [-0.05, 0) is 17.7 Å². The number of hydroxylamine groups is 2. The third-order valence-corrected chi connectivity index (χ3v) is 6.52. The predicted octanol–water partition coefficient (Wildman–Crippen LogP) is 3.67. The van der Waals surface area contributed by atoms with E-state index in [1.165, 1.54) is 30.9 Å². The lowest BCUT2D eigenvalue weighted by atomic mass is 10.0. The highest BCUT2D eigenvalue weighted by molar-refractivity contribution is 8.22. The molecule has 30 heavy (non-hydrogen) atoms. The summed E-state index contributed by atoms with van der Waals surface area (Å²) in [5.41, 5.74) is 3.37. The van der Waals surface area contributed by atoms with Crippen LogP contribution in [0.1, 0.15) is 0 Å². The number of thiocarbonyl (C=S) groups is 1. The lowest BCUT2D eigenvalue weighted by Crippen LogP contribution is -2.17. The maximum atomic E-state index is 11.5. The first-order chi connectivity index (χ1) is 14.3. The van der Waals surface area contributed by atoms with Gasteiger partial charge in [-0.2, -0.15) is 5.10 Å².